The summed E-state index contributed by atoms with van der Waals surface area (Å²) in [4.78, 5) is 12.8. The summed E-state index contributed by atoms with van der Waals surface area (Å²) < 4.78 is 6.05. The van der Waals surface area contributed by atoms with Crippen molar-refractivity contribution >= 4 is 33.4 Å². The van der Waals surface area contributed by atoms with E-state index >= 15 is 0 Å². The number of hydrogen-bond donors (Lipinski definition) is 3. The van der Waals surface area contributed by atoms with Gasteiger partial charge in [-0.15, -0.1) is 0 Å². The predicted molar refractivity (Wildman–Crippen MR) is 134 cm³/mol. The maximum Gasteiger partial charge on any atom is 0.136 e. The number of furan rings is 1. The lowest BCUT2D eigenvalue weighted by atomic mass is 10.1. The van der Waals surface area contributed by atoms with Gasteiger partial charge in [-0.3, -0.25) is 9.98 Å². The van der Waals surface area contributed by atoms with Crippen molar-refractivity contribution < 1.29 is 4.42 Å². The van der Waals surface area contributed by atoms with E-state index < -0.39 is 0 Å². The van der Waals surface area contributed by atoms with Gasteiger partial charge in [-0.1, -0.05) is 30.8 Å². The summed E-state index contributed by atoms with van der Waals surface area (Å²) in [6.45, 7) is 5.64. The summed E-state index contributed by atoms with van der Waals surface area (Å²) in [6, 6.07) is 20.4. The van der Waals surface area contributed by atoms with Crippen molar-refractivity contribution in [2.45, 2.75) is 6.42 Å². The maximum atomic E-state index is 6.05. The largest absolute Gasteiger partial charge is 0.456 e. The van der Waals surface area contributed by atoms with Gasteiger partial charge in [-0.2, -0.15) is 0 Å². The van der Waals surface area contributed by atoms with Crippen LogP contribution in [0.4, 0.5) is 0 Å². The van der Waals surface area contributed by atoms with Gasteiger partial charge < -0.3 is 20.5 Å². The molecule has 6 nitrogen and oxygen atoms in total. The monoisotopic (exact) mass is 433 g/mol. The Kier molecular flexibility index (Phi) is 4.50. The van der Waals surface area contributed by atoms with Crippen LogP contribution >= 0.6 is 0 Å². The Hall–Kier alpha value is -4.32. The van der Waals surface area contributed by atoms with Gasteiger partial charge in [-0.25, -0.2) is 0 Å². The lowest BCUT2D eigenvalue weighted by molar-refractivity contribution is 0.631. The Labute approximate surface area is 190 Å². The first-order valence-electron chi connectivity index (χ1n) is 11.0. The Morgan fingerprint density at radius 3 is 2.64 bits per heavy atom. The van der Waals surface area contributed by atoms with Gasteiger partial charge in [0.1, 0.15) is 17.2 Å². The lowest BCUT2D eigenvalue weighted by Crippen LogP contribution is -2.30. The first-order valence-corrected chi connectivity index (χ1v) is 11.0. The van der Waals surface area contributed by atoms with E-state index in [9.17, 15) is 0 Å². The molecule has 0 amide bonds. The van der Waals surface area contributed by atoms with Crippen LogP contribution in [-0.4, -0.2) is 28.9 Å². The SMILES string of the molecule is C=C(N)c1ccc2cc(-c3ccc(-c4cc5ccc(C6=NCCCN6)cc5[nH]4)nc3)oc2c1. The zero-order chi connectivity index (χ0) is 22.4. The molecule has 4 heterocycles. The second kappa shape index (κ2) is 7.67. The number of pyridine rings is 1. The third-order valence-corrected chi connectivity index (χ3v) is 6.01. The van der Waals surface area contributed by atoms with Crippen molar-refractivity contribution in [3.05, 3.63) is 84.6 Å². The molecule has 33 heavy (non-hydrogen) atoms. The fraction of sp³-hybridized carbons (Fsp3) is 0.111. The zero-order valence-corrected chi connectivity index (χ0v) is 18.1. The molecule has 6 heteroatoms. The molecular formula is C27H23N5O. The second-order valence-electron chi connectivity index (χ2n) is 8.32. The molecule has 0 saturated heterocycles. The van der Waals surface area contributed by atoms with E-state index in [0.717, 1.165) is 81.1 Å². The highest BCUT2D eigenvalue weighted by molar-refractivity contribution is 6.02. The van der Waals surface area contributed by atoms with E-state index in [4.69, 9.17) is 10.2 Å². The molecule has 0 atom stereocenters. The molecule has 2 aromatic carbocycles. The number of aliphatic imine (C=N–C) groups is 1. The minimum Gasteiger partial charge on any atom is -0.456 e. The van der Waals surface area contributed by atoms with Crippen LogP contribution in [0.1, 0.15) is 17.5 Å². The van der Waals surface area contributed by atoms with Gasteiger partial charge >= 0.3 is 0 Å². The summed E-state index contributed by atoms with van der Waals surface area (Å²) in [5, 5.41) is 5.54. The Balaban J connectivity index is 1.30. The first kappa shape index (κ1) is 19.4. The molecule has 6 rings (SSSR count). The highest BCUT2D eigenvalue weighted by Crippen LogP contribution is 2.30. The van der Waals surface area contributed by atoms with Crippen molar-refractivity contribution in [2.24, 2.45) is 10.7 Å². The quantitative estimate of drug-likeness (QED) is 0.358. The van der Waals surface area contributed by atoms with Crippen LogP contribution in [0.25, 0.3) is 50.3 Å². The Morgan fingerprint density at radius 2 is 1.85 bits per heavy atom. The van der Waals surface area contributed by atoms with Gasteiger partial charge in [0.15, 0.2) is 0 Å². The fourth-order valence-corrected chi connectivity index (χ4v) is 4.21. The summed E-state index contributed by atoms with van der Waals surface area (Å²) >= 11 is 0. The Morgan fingerprint density at radius 1 is 0.970 bits per heavy atom. The highest BCUT2D eigenvalue weighted by atomic mass is 16.3. The van der Waals surface area contributed by atoms with Crippen molar-refractivity contribution in [3.8, 4) is 22.7 Å². The summed E-state index contributed by atoms with van der Waals surface area (Å²) in [6.07, 6.45) is 2.92. The Bertz CT molecular complexity index is 1540. The first-order chi connectivity index (χ1) is 16.1. The summed E-state index contributed by atoms with van der Waals surface area (Å²) in [5.74, 6) is 1.74. The normalized spacial score (nSPS) is 13.8. The molecule has 5 aromatic rings. The highest BCUT2D eigenvalue weighted by Gasteiger charge is 2.12. The number of benzene rings is 2. The van der Waals surface area contributed by atoms with Crippen molar-refractivity contribution in [1.82, 2.24) is 15.3 Å². The minimum absolute atomic E-state index is 0.523. The fourth-order valence-electron chi connectivity index (χ4n) is 4.21. The number of aromatic nitrogens is 2. The summed E-state index contributed by atoms with van der Waals surface area (Å²) in [7, 11) is 0. The van der Waals surface area contributed by atoms with Crippen LogP contribution in [0.2, 0.25) is 0 Å². The number of aromatic amines is 1. The average Bonchev–Trinajstić information content (AvgIpc) is 3.48. The predicted octanol–water partition coefficient (Wildman–Crippen LogP) is 5.31. The molecule has 0 unspecified atom stereocenters. The number of amidine groups is 1. The molecule has 162 valence electrons. The number of H-pyrrole nitrogens is 1. The third kappa shape index (κ3) is 3.55. The van der Waals surface area contributed by atoms with E-state index in [1.165, 1.54) is 0 Å². The number of nitrogens with one attached hydrogen (secondary N) is 2. The minimum atomic E-state index is 0.523. The summed E-state index contributed by atoms with van der Waals surface area (Å²) in [5.41, 5.74) is 12.9. The average molecular weight is 434 g/mol. The van der Waals surface area contributed by atoms with Crippen LogP contribution in [0.15, 0.2) is 82.8 Å². The van der Waals surface area contributed by atoms with Crippen LogP contribution in [0.3, 0.4) is 0 Å². The number of hydrogen-bond acceptors (Lipinski definition) is 5. The van der Waals surface area contributed by atoms with Crippen molar-refractivity contribution in [3.63, 3.8) is 0 Å². The molecular weight excluding hydrogens is 410 g/mol. The van der Waals surface area contributed by atoms with Crippen LogP contribution < -0.4 is 11.1 Å². The maximum absolute atomic E-state index is 6.05. The molecule has 1 aliphatic rings. The molecule has 0 radical (unpaired) electrons. The van der Waals surface area contributed by atoms with Crippen LogP contribution in [-0.2, 0) is 0 Å². The number of rotatable bonds is 4. The zero-order valence-electron chi connectivity index (χ0n) is 18.1. The van der Waals surface area contributed by atoms with Crippen molar-refractivity contribution in [1.29, 1.82) is 0 Å². The van der Waals surface area contributed by atoms with Crippen LogP contribution in [0.5, 0.6) is 0 Å². The van der Waals surface area contributed by atoms with E-state index in [1.807, 2.05) is 42.6 Å². The smallest absolute Gasteiger partial charge is 0.136 e. The van der Waals surface area contributed by atoms with Gasteiger partial charge in [-0.05, 0) is 42.8 Å². The lowest BCUT2D eigenvalue weighted by Gasteiger charge is -2.14. The van der Waals surface area contributed by atoms with Gasteiger partial charge in [0, 0.05) is 58.0 Å². The van der Waals surface area contributed by atoms with Crippen molar-refractivity contribution in [2.75, 3.05) is 13.1 Å². The van der Waals surface area contributed by atoms with E-state index in [0.29, 0.717) is 5.70 Å². The standard InChI is InChI=1S/C27H23N5O/c1-16(28)17-3-5-19-14-26(33-25(19)13-17)21-7-8-22(31-15-21)24-11-18-4-6-20(12-23(18)32-24)27-29-9-2-10-30-27/h3-8,11-15,32H,1-2,9-10,28H2,(H,29,30). The van der Waals surface area contributed by atoms with Gasteiger partial charge in [0.25, 0.3) is 0 Å². The molecule has 1 aliphatic heterocycles. The number of nitrogens with zero attached hydrogens (tertiary/aromatic N) is 2. The molecule has 0 saturated carbocycles. The molecule has 0 bridgehead atoms. The molecule has 4 N–H and O–H groups in total. The van der Waals surface area contributed by atoms with Crippen LogP contribution in [0, 0.1) is 0 Å². The number of nitrogens with two attached hydrogens (primary N) is 1. The second-order valence-corrected chi connectivity index (χ2v) is 8.32. The van der Waals surface area contributed by atoms with E-state index in [2.05, 4.69) is 51.1 Å². The van der Waals surface area contributed by atoms with E-state index in [-0.39, 0.29) is 0 Å². The van der Waals surface area contributed by atoms with Gasteiger partial charge in [0.05, 0.1) is 11.4 Å². The number of fused-ring (bicyclic) bond motifs is 2. The molecule has 3 aromatic heterocycles. The third-order valence-electron chi connectivity index (χ3n) is 6.01. The van der Waals surface area contributed by atoms with E-state index in [1.54, 1.807) is 0 Å². The van der Waals surface area contributed by atoms with Gasteiger partial charge in [0.2, 0.25) is 0 Å². The topological polar surface area (TPSA) is 92.2 Å². The molecule has 0 fully saturated rings. The molecule has 0 spiro atoms. The molecule has 0 aliphatic carbocycles.